The van der Waals surface area contributed by atoms with Gasteiger partial charge in [0.1, 0.15) is 0 Å². The molecule has 21 heavy (non-hydrogen) atoms. The molecule has 3 heteroatoms. The van der Waals surface area contributed by atoms with Crippen LogP contribution in [0.5, 0.6) is 0 Å². The highest BCUT2D eigenvalue weighted by molar-refractivity contribution is 7.99. The maximum absolute atomic E-state index is 3.45. The first-order valence-corrected chi connectivity index (χ1v) is 9.41. The summed E-state index contributed by atoms with van der Waals surface area (Å²) in [6.45, 7) is 5.59. The minimum absolute atomic E-state index is 0.809. The van der Waals surface area contributed by atoms with Gasteiger partial charge in [-0.05, 0) is 69.3 Å². The van der Waals surface area contributed by atoms with Gasteiger partial charge in [-0.15, -0.1) is 11.8 Å². The van der Waals surface area contributed by atoms with Crippen LogP contribution in [0.1, 0.15) is 44.6 Å². The third kappa shape index (κ3) is 6.01. The Bertz CT molecular complexity index is 391. The number of likely N-dealkylation sites (tertiary alicyclic amines) is 1. The molecule has 1 unspecified atom stereocenters. The van der Waals surface area contributed by atoms with Crippen molar-refractivity contribution < 1.29 is 0 Å². The van der Waals surface area contributed by atoms with Gasteiger partial charge in [0.05, 0.1) is 0 Å². The highest BCUT2D eigenvalue weighted by Gasteiger charge is 2.18. The van der Waals surface area contributed by atoms with Crippen LogP contribution in [-0.4, -0.2) is 36.8 Å². The monoisotopic (exact) mass is 306 g/mol. The lowest BCUT2D eigenvalue weighted by molar-refractivity contribution is 0.182. The fourth-order valence-electron chi connectivity index (χ4n) is 2.93. The molecule has 0 spiro atoms. The molecule has 0 radical (unpaired) electrons. The van der Waals surface area contributed by atoms with Crippen LogP contribution in [0.15, 0.2) is 29.2 Å². The minimum Gasteiger partial charge on any atom is -0.313 e. The fraction of sp³-hybridized carbons (Fsp3) is 0.667. The molecule has 1 aromatic rings. The molecular weight excluding hydrogens is 276 g/mol. The summed E-state index contributed by atoms with van der Waals surface area (Å²) in [6.07, 6.45) is 6.70. The van der Waals surface area contributed by atoms with Crippen LogP contribution in [0.2, 0.25) is 0 Å². The van der Waals surface area contributed by atoms with E-state index in [0.29, 0.717) is 0 Å². The standard InChI is InChI=1S/C18H30N2S/c1-3-12-19-15-16-7-9-18(10-8-16)21-14-11-17-6-4-5-13-20(17)2/h7-10,17,19H,3-6,11-15H2,1-2H3. The van der Waals surface area contributed by atoms with E-state index in [9.17, 15) is 0 Å². The molecule has 0 aliphatic carbocycles. The normalized spacial score (nSPS) is 19.8. The van der Waals surface area contributed by atoms with E-state index in [-0.39, 0.29) is 0 Å². The van der Waals surface area contributed by atoms with Gasteiger partial charge in [-0.25, -0.2) is 0 Å². The highest BCUT2D eigenvalue weighted by Crippen LogP contribution is 2.24. The third-order valence-corrected chi connectivity index (χ3v) is 5.37. The van der Waals surface area contributed by atoms with Crippen LogP contribution < -0.4 is 5.32 Å². The molecule has 1 fully saturated rings. The predicted octanol–water partition coefficient (Wildman–Crippen LogP) is 4.15. The lowest BCUT2D eigenvalue weighted by Gasteiger charge is -2.32. The lowest BCUT2D eigenvalue weighted by atomic mass is 10.0. The quantitative estimate of drug-likeness (QED) is 0.574. The van der Waals surface area contributed by atoms with Gasteiger partial charge in [-0.1, -0.05) is 25.5 Å². The lowest BCUT2D eigenvalue weighted by Crippen LogP contribution is -2.36. The Kier molecular flexibility index (Phi) is 7.62. The molecule has 1 aliphatic heterocycles. The first-order valence-electron chi connectivity index (χ1n) is 8.42. The van der Waals surface area contributed by atoms with Crippen molar-refractivity contribution in [2.45, 2.75) is 56.5 Å². The van der Waals surface area contributed by atoms with Gasteiger partial charge in [0, 0.05) is 17.5 Å². The summed E-state index contributed by atoms with van der Waals surface area (Å²) >= 11 is 2.01. The summed E-state index contributed by atoms with van der Waals surface area (Å²) in [4.78, 5) is 3.96. The first kappa shape index (κ1) is 16.9. The summed E-state index contributed by atoms with van der Waals surface area (Å²) in [6, 6.07) is 9.88. The molecule has 1 aliphatic rings. The zero-order chi connectivity index (χ0) is 14.9. The highest BCUT2D eigenvalue weighted by atomic mass is 32.2. The maximum Gasteiger partial charge on any atom is 0.0205 e. The van der Waals surface area contributed by atoms with Gasteiger partial charge in [0.2, 0.25) is 0 Å². The van der Waals surface area contributed by atoms with E-state index >= 15 is 0 Å². The van der Waals surface area contributed by atoms with E-state index in [2.05, 4.69) is 48.5 Å². The Morgan fingerprint density at radius 1 is 1.24 bits per heavy atom. The average Bonchev–Trinajstić information content (AvgIpc) is 2.51. The second-order valence-electron chi connectivity index (χ2n) is 6.09. The number of thioether (sulfide) groups is 1. The summed E-state index contributed by atoms with van der Waals surface area (Å²) in [5, 5.41) is 3.45. The topological polar surface area (TPSA) is 15.3 Å². The molecular formula is C18H30N2S. The van der Waals surface area contributed by atoms with Crippen LogP contribution in [0.25, 0.3) is 0 Å². The molecule has 2 nitrogen and oxygen atoms in total. The van der Waals surface area contributed by atoms with Crippen molar-refractivity contribution in [1.82, 2.24) is 10.2 Å². The predicted molar refractivity (Wildman–Crippen MR) is 94.0 cm³/mol. The summed E-state index contributed by atoms with van der Waals surface area (Å²) in [7, 11) is 2.28. The van der Waals surface area contributed by atoms with Gasteiger partial charge in [0.15, 0.2) is 0 Å². The molecule has 0 aromatic heterocycles. The van der Waals surface area contributed by atoms with Crippen molar-refractivity contribution in [3.8, 4) is 0 Å². The Morgan fingerprint density at radius 2 is 2.05 bits per heavy atom. The van der Waals surface area contributed by atoms with E-state index in [1.54, 1.807) is 0 Å². The van der Waals surface area contributed by atoms with E-state index in [0.717, 1.165) is 19.1 Å². The number of benzene rings is 1. The number of hydrogen-bond donors (Lipinski definition) is 1. The van der Waals surface area contributed by atoms with Crippen LogP contribution in [0.4, 0.5) is 0 Å². The van der Waals surface area contributed by atoms with Crippen molar-refractivity contribution in [3.63, 3.8) is 0 Å². The zero-order valence-electron chi connectivity index (χ0n) is 13.6. The molecule has 1 heterocycles. The molecule has 1 N–H and O–H groups in total. The van der Waals surface area contributed by atoms with Crippen molar-refractivity contribution in [3.05, 3.63) is 29.8 Å². The number of rotatable bonds is 8. The second kappa shape index (κ2) is 9.50. The number of piperidine rings is 1. The Labute approximate surface area is 134 Å². The van der Waals surface area contributed by atoms with Crippen LogP contribution >= 0.6 is 11.8 Å². The number of nitrogens with one attached hydrogen (secondary N) is 1. The van der Waals surface area contributed by atoms with E-state index in [4.69, 9.17) is 0 Å². The smallest absolute Gasteiger partial charge is 0.0205 e. The summed E-state index contributed by atoms with van der Waals surface area (Å²) < 4.78 is 0. The second-order valence-corrected chi connectivity index (χ2v) is 7.26. The van der Waals surface area contributed by atoms with Gasteiger partial charge in [-0.2, -0.15) is 0 Å². The van der Waals surface area contributed by atoms with Crippen molar-refractivity contribution in [1.29, 1.82) is 0 Å². The summed E-state index contributed by atoms with van der Waals surface area (Å²) in [5.41, 5.74) is 1.39. The molecule has 1 aromatic carbocycles. The van der Waals surface area contributed by atoms with E-state index in [1.807, 2.05) is 11.8 Å². The van der Waals surface area contributed by atoms with Crippen molar-refractivity contribution in [2.24, 2.45) is 0 Å². The Morgan fingerprint density at radius 3 is 2.76 bits per heavy atom. The van der Waals surface area contributed by atoms with Gasteiger partial charge in [0.25, 0.3) is 0 Å². The van der Waals surface area contributed by atoms with Gasteiger partial charge >= 0.3 is 0 Å². The van der Waals surface area contributed by atoms with Crippen molar-refractivity contribution >= 4 is 11.8 Å². The maximum atomic E-state index is 3.45. The molecule has 1 saturated heterocycles. The largest absolute Gasteiger partial charge is 0.313 e. The van der Waals surface area contributed by atoms with E-state index in [1.165, 1.54) is 54.9 Å². The SMILES string of the molecule is CCCNCc1ccc(SCCC2CCCCN2C)cc1. The third-order valence-electron chi connectivity index (χ3n) is 4.32. The Hall–Kier alpha value is -0.510. The molecule has 118 valence electrons. The molecule has 2 rings (SSSR count). The minimum atomic E-state index is 0.809. The van der Waals surface area contributed by atoms with Crippen LogP contribution in [0.3, 0.4) is 0 Å². The first-order chi connectivity index (χ1) is 10.3. The number of hydrogen-bond acceptors (Lipinski definition) is 3. The van der Waals surface area contributed by atoms with Crippen LogP contribution in [-0.2, 0) is 6.54 Å². The molecule has 1 atom stereocenters. The summed E-state index contributed by atoms with van der Waals surface area (Å²) in [5.74, 6) is 1.24. The Balaban J connectivity index is 1.68. The number of nitrogens with zero attached hydrogens (tertiary/aromatic N) is 1. The zero-order valence-corrected chi connectivity index (χ0v) is 14.4. The molecule has 0 amide bonds. The van der Waals surface area contributed by atoms with Crippen LogP contribution in [0, 0.1) is 0 Å². The molecule has 0 saturated carbocycles. The average molecular weight is 307 g/mol. The van der Waals surface area contributed by atoms with E-state index < -0.39 is 0 Å². The van der Waals surface area contributed by atoms with Crippen molar-refractivity contribution in [2.75, 3.05) is 25.9 Å². The van der Waals surface area contributed by atoms with Gasteiger partial charge in [-0.3, -0.25) is 0 Å². The molecule has 0 bridgehead atoms. The van der Waals surface area contributed by atoms with Gasteiger partial charge < -0.3 is 10.2 Å². The fourth-order valence-corrected chi connectivity index (χ4v) is 3.89.